The van der Waals surface area contributed by atoms with Crippen LogP contribution in [0.3, 0.4) is 0 Å². The summed E-state index contributed by atoms with van der Waals surface area (Å²) in [6.07, 6.45) is 1.36. The Morgan fingerprint density at radius 1 is 0.800 bits per heavy atom. The smallest absolute Gasteiger partial charge is 0.343 e. The first-order valence-electron chi connectivity index (χ1n) is 10.9. The normalized spacial score (nSPS) is 10.8. The van der Waals surface area contributed by atoms with Gasteiger partial charge < -0.3 is 10.1 Å². The van der Waals surface area contributed by atoms with E-state index in [4.69, 9.17) is 4.74 Å². The van der Waals surface area contributed by atoms with Crippen LogP contribution in [-0.2, 0) is 9.59 Å². The topological polar surface area (TPSA) is 96.9 Å². The monoisotopic (exact) mass is 465 g/mol. The Bertz CT molecular complexity index is 1440. The van der Waals surface area contributed by atoms with Crippen LogP contribution < -0.4 is 15.5 Å². The highest BCUT2D eigenvalue weighted by Gasteiger charge is 2.15. The third kappa shape index (κ3) is 5.78. The zero-order chi connectivity index (χ0) is 24.8. The Kier molecular flexibility index (Phi) is 6.97. The number of hydrogen-bond donors (Lipinski definition) is 2. The Balaban J connectivity index is 1.54. The number of esters is 1. The van der Waals surface area contributed by atoms with E-state index in [2.05, 4.69) is 15.8 Å². The number of nitrogens with zero attached hydrogens (tertiary/aromatic N) is 1. The predicted molar refractivity (Wildman–Crippen MR) is 136 cm³/mol. The molecule has 2 amide bonds. The molecule has 0 bridgehead atoms. The summed E-state index contributed by atoms with van der Waals surface area (Å²) in [5.41, 5.74) is 5.60. The molecule has 7 nitrogen and oxygen atoms in total. The minimum Gasteiger partial charge on any atom is -0.422 e. The van der Waals surface area contributed by atoms with E-state index in [9.17, 15) is 14.4 Å². The molecule has 0 aliphatic carbocycles. The number of aryl methyl sites for hydroxylation is 2. The van der Waals surface area contributed by atoms with Crippen LogP contribution in [0.2, 0.25) is 0 Å². The average molecular weight is 466 g/mol. The number of benzene rings is 4. The van der Waals surface area contributed by atoms with Crippen LogP contribution in [0, 0.1) is 13.8 Å². The second kappa shape index (κ2) is 10.4. The Morgan fingerprint density at radius 2 is 1.57 bits per heavy atom. The van der Waals surface area contributed by atoms with Gasteiger partial charge >= 0.3 is 17.8 Å². The van der Waals surface area contributed by atoms with Gasteiger partial charge in [0.2, 0.25) is 0 Å². The molecular formula is C28H23N3O4. The van der Waals surface area contributed by atoms with Crippen molar-refractivity contribution in [3.63, 3.8) is 0 Å². The summed E-state index contributed by atoms with van der Waals surface area (Å²) < 4.78 is 5.67. The van der Waals surface area contributed by atoms with Gasteiger partial charge in [-0.25, -0.2) is 10.2 Å². The van der Waals surface area contributed by atoms with Crippen LogP contribution in [0.15, 0.2) is 90.0 Å². The van der Waals surface area contributed by atoms with Crippen molar-refractivity contribution in [2.75, 3.05) is 5.32 Å². The average Bonchev–Trinajstić information content (AvgIpc) is 2.86. The van der Waals surface area contributed by atoms with E-state index in [0.717, 1.165) is 21.9 Å². The predicted octanol–water partition coefficient (Wildman–Crippen LogP) is 4.76. The summed E-state index contributed by atoms with van der Waals surface area (Å²) in [6.45, 7) is 3.81. The van der Waals surface area contributed by atoms with E-state index in [1.807, 2.05) is 62.4 Å². The van der Waals surface area contributed by atoms with Crippen molar-refractivity contribution in [3.05, 3.63) is 107 Å². The molecule has 0 radical (unpaired) electrons. The number of hydrazone groups is 1. The number of amides is 2. The fraction of sp³-hybridized carbons (Fsp3) is 0.0714. The number of nitrogens with one attached hydrogen (secondary N) is 2. The molecule has 7 heteroatoms. The zero-order valence-electron chi connectivity index (χ0n) is 19.2. The summed E-state index contributed by atoms with van der Waals surface area (Å²) >= 11 is 0. The summed E-state index contributed by atoms with van der Waals surface area (Å²) in [5, 5.41) is 8.12. The van der Waals surface area contributed by atoms with E-state index in [-0.39, 0.29) is 5.75 Å². The third-order valence-corrected chi connectivity index (χ3v) is 5.26. The highest BCUT2D eigenvalue weighted by Crippen LogP contribution is 2.27. The first-order valence-corrected chi connectivity index (χ1v) is 10.9. The molecule has 2 N–H and O–H groups in total. The second-order valence-corrected chi connectivity index (χ2v) is 7.98. The van der Waals surface area contributed by atoms with E-state index >= 15 is 0 Å². The maximum atomic E-state index is 12.7. The third-order valence-electron chi connectivity index (χ3n) is 5.26. The molecule has 0 fully saturated rings. The van der Waals surface area contributed by atoms with Crippen molar-refractivity contribution in [2.24, 2.45) is 5.10 Å². The van der Waals surface area contributed by atoms with E-state index in [1.54, 1.807) is 36.4 Å². The molecule has 4 aromatic carbocycles. The van der Waals surface area contributed by atoms with Gasteiger partial charge in [0.05, 0.1) is 11.8 Å². The van der Waals surface area contributed by atoms with Crippen molar-refractivity contribution in [2.45, 2.75) is 13.8 Å². The van der Waals surface area contributed by atoms with Gasteiger partial charge in [-0.1, -0.05) is 65.7 Å². The van der Waals surface area contributed by atoms with Crippen LogP contribution in [0.4, 0.5) is 5.69 Å². The lowest BCUT2D eigenvalue weighted by molar-refractivity contribution is -0.136. The number of carbonyl (C=O) groups excluding carboxylic acids is 3. The SMILES string of the molecule is Cc1ccc(NC(=O)C(=O)NN=Cc2c(OC(=O)c3cccc(C)c3)ccc3ccccc23)cc1. The maximum absolute atomic E-state index is 12.7. The van der Waals surface area contributed by atoms with Crippen LogP contribution in [0.5, 0.6) is 5.75 Å². The Morgan fingerprint density at radius 3 is 2.34 bits per heavy atom. The molecule has 0 aliphatic heterocycles. The van der Waals surface area contributed by atoms with Crippen LogP contribution in [-0.4, -0.2) is 24.0 Å². The molecule has 0 spiro atoms. The number of carbonyl (C=O) groups is 3. The van der Waals surface area contributed by atoms with Crippen LogP contribution in [0.1, 0.15) is 27.0 Å². The number of hydrogen-bond acceptors (Lipinski definition) is 5. The molecule has 35 heavy (non-hydrogen) atoms. The first-order chi connectivity index (χ1) is 16.9. The van der Waals surface area contributed by atoms with E-state index in [0.29, 0.717) is 16.8 Å². The minimum absolute atomic E-state index is 0.275. The Hall–Kier alpha value is -4.78. The maximum Gasteiger partial charge on any atom is 0.343 e. The molecule has 174 valence electrons. The van der Waals surface area contributed by atoms with Gasteiger partial charge in [0.1, 0.15) is 5.75 Å². The molecule has 0 aromatic heterocycles. The summed E-state index contributed by atoms with van der Waals surface area (Å²) in [7, 11) is 0. The lowest BCUT2D eigenvalue weighted by Gasteiger charge is -2.11. The van der Waals surface area contributed by atoms with E-state index < -0.39 is 17.8 Å². The van der Waals surface area contributed by atoms with Gasteiger partial charge in [0.15, 0.2) is 0 Å². The van der Waals surface area contributed by atoms with Gasteiger partial charge in [0, 0.05) is 11.3 Å². The Labute approximate surface area is 202 Å². The van der Waals surface area contributed by atoms with Crippen molar-refractivity contribution in [3.8, 4) is 5.75 Å². The van der Waals surface area contributed by atoms with Gasteiger partial charge in [-0.15, -0.1) is 0 Å². The van der Waals surface area contributed by atoms with Crippen molar-refractivity contribution in [1.82, 2.24) is 5.43 Å². The number of anilines is 1. The van der Waals surface area contributed by atoms with Gasteiger partial charge in [-0.2, -0.15) is 5.10 Å². The molecule has 4 aromatic rings. The number of ether oxygens (including phenoxy) is 1. The van der Waals surface area contributed by atoms with Gasteiger partial charge in [-0.3, -0.25) is 9.59 Å². The second-order valence-electron chi connectivity index (χ2n) is 7.98. The fourth-order valence-corrected chi connectivity index (χ4v) is 3.46. The lowest BCUT2D eigenvalue weighted by Crippen LogP contribution is -2.32. The fourth-order valence-electron chi connectivity index (χ4n) is 3.46. The van der Waals surface area contributed by atoms with Gasteiger partial charge in [-0.05, 0) is 55.0 Å². The molecule has 0 heterocycles. The minimum atomic E-state index is -0.930. The highest BCUT2D eigenvalue weighted by molar-refractivity contribution is 6.39. The summed E-state index contributed by atoms with van der Waals surface area (Å²) in [6, 6.07) is 25.1. The van der Waals surface area contributed by atoms with Crippen LogP contribution >= 0.6 is 0 Å². The van der Waals surface area contributed by atoms with Crippen molar-refractivity contribution in [1.29, 1.82) is 0 Å². The molecular weight excluding hydrogens is 442 g/mol. The summed E-state index contributed by atoms with van der Waals surface area (Å²) in [5.74, 6) is -2.02. The molecule has 4 rings (SSSR count). The molecule has 0 aliphatic rings. The van der Waals surface area contributed by atoms with Crippen LogP contribution in [0.25, 0.3) is 10.8 Å². The largest absolute Gasteiger partial charge is 0.422 e. The molecule has 0 saturated carbocycles. The number of fused-ring (bicyclic) bond motifs is 1. The zero-order valence-corrected chi connectivity index (χ0v) is 19.2. The highest BCUT2D eigenvalue weighted by atomic mass is 16.5. The number of rotatable bonds is 5. The lowest BCUT2D eigenvalue weighted by atomic mass is 10.0. The quantitative estimate of drug-likeness (QED) is 0.146. The molecule has 0 unspecified atom stereocenters. The van der Waals surface area contributed by atoms with Crippen molar-refractivity contribution < 1.29 is 19.1 Å². The first kappa shape index (κ1) is 23.4. The molecule has 0 saturated heterocycles. The molecule has 0 atom stereocenters. The summed E-state index contributed by atoms with van der Waals surface area (Å²) in [4.78, 5) is 37.1. The van der Waals surface area contributed by atoms with Gasteiger partial charge in [0.25, 0.3) is 0 Å². The standard InChI is InChI=1S/C28H23N3O4/c1-18-10-13-22(14-11-18)30-26(32)27(33)31-29-17-24-23-9-4-3-7-20(23)12-15-25(24)35-28(34)21-8-5-6-19(2)16-21/h3-17H,1-2H3,(H,30,32)(H,31,33). The van der Waals surface area contributed by atoms with Crippen molar-refractivity contribution >= 4 is 40.5 Å². The van der Waals surface area contributed by atoms with E-state index in [1.165, 1.54) is 6.21 Å².